The molecular formula is C63H138Cu6N18. The summed E-state index contributed by atoms with van der Waals surface area (Å²) in [5, 5.41) is 25.7. The largest absolute Gasteiger partial charge is 1.00 e. The zero-order valence-corrected chi connectivity index (χ0v) is 67.5. The Labute approximate surface area is 605 Å². The van der Waals surface area contributed by atoms with E-state index in [0.717, 1.165) is 85.2 Å². The summed E-state index contributed by atoms with van der Waals surface area (Å²) in [5.74, 6) is 0. The van der Waals surface area contributed by atoms with Crippen molar-refractivity contribution >= 4 is 38.0 Å². The molecule has 0 aliphatic rings. The second-order valence-corrected chi connectivity index (χ2v) is 27.2. The molecule has 0 aliphatic heterocycles. The number of hydrogen-bond donors (Lipinski definition) is 0. The molecule has 0 amide bonds. The number of hydrogen-bond acceptors (Lipinski definition) is 12. The molecule has 0 heterocycles. The molecule has 0 bridgehead atoms. The van der Waals surface area contributed by atoms with Crippen LogP contribution in [0.4, 0.5) is 0 Å². The molecule has 0 spiro atoms. The van der Waals surface area contributed by atoms with E-state index in [2.05, 4.69) is 299 Å². The molecule has 0 N–H and O–H groups in total. The summed E-state index contributed by atoms with van der Waals surface area (Å²) in [6, 6.07) is 1.63. The van der Waals surface area contributed by atoms with Crippen LogP contribution in [0.1, 0.15) is 194 Å². The Morgan fingerprint density at radius 3 is 0.908 bits per heavy atom. The molecule has 546 valence electrons. The molecule has 0 saturated heterocycles. The number of rotatable bonds is 29. The quantitative estimate of drug-likeness (QED) is 0.0311. The van der Waals surface area contributed by atoms with Gasteiger partial charge in [-0.15, -0.1) is 38.0 Å². The number of nitrogens with zero attached hydrogens (tertiary/aromatic N) is 18. The van der Waals surface area contributed by atoms with Gasteiger partial charge in [-0.3, -0.25) is 0 Å². The molecule has 0 aliphatic carbocycles. The SMILES string of the molecule is CC(CN(C)C)[N-]C=NC(C)(C)C.CC(C[N-]C=NC(C)(C)C)N(C)C.CCN(CC)C(C)C[N-]C=NC(C)(C)C.CCN(CC)CC(C)[N-]C=NC(C)(C)C.CCN(CC)C[N-]C=NC(C)(C)C.CN(C)CC[N-]C=NC(C)(C)C.[Cu+].[Cu+].[Cu+].[Cu+].[Cu+].[Cu+]. The van der Waals surface area contributed by atoms with E-state index in [1.165, 1.54) is 0 Å². The fraction of sp³-hybridized carbons (Fsp3) is 0.905. The van der Waals surface area contributed by atoms with E-state index >= 15 is 0 Å². The van der Waals surface area contributed by atoms with Crippen molar-refractivity contribution in [1.82, 2.24) is 29.4 Å². The zero-order valence-electron chi connectivity index (χ0n) is 61.8. The number of aliphatic imine (C=N–C) groups is 6. The van der Waals surface area contributed by atoms with Gasteiger partial charge in [0, 0.05) is 18.8 Å². The normalized spacial score (nSPS) is 13.4. The van der Waals surface area contributed by atoms with Gasteiger partial charge in [-0.05, 0) is 180 Å². The average molecular weight is 1530 g/mol. The van der Waals surface area contributed by atoms with Crippen molar-refractivity contribution in [2.75, 3.05) is 127 Å². The van der Waals surface area contributed by atoms with Crippen molar-refractivity contribution in [3.63, 3.8) is 0 Å². The first-order valence-corrected chi connectivity index (χ1v) is 30.3. The van der Waals surface area contributed by atoms with Gasteiger partial charge in [-0.2, -0.15) is 0 Å². The average Bonchev–Trinajstić information content (AvgIpc) is 3.30. The molecule has 0 aromatic heterocycles. The fourth-order valence-corrected chi connectivity index (χ4v) is 5.39. The molecule has 0 aromatic carbocycles. The Bertz CT molecular complexity index is 1540. The Balaban J connectivity index is -0.0000000767. The third-order valence-corrected chi connectivity index (χ3v) is 10.6. The van der Waals surface area contributed by atoms with Crippen molar-refractivity contribution in [2.45, 2.75) is 251 Å². The van der Waals surface area contributed by atoms with Crippen LogP contribution in [0, 0.1) is 0 Å². The van der Waals surface area contributed by atoms with Crippen molar-refractivity contribution in [3.05, 3.63) is 31.9 Å². The van der Waals surface area contributed by atoms with Gasteiger partial charge in [0.1, 0.15) is 0 Å². The summed E-state index contributed by atoms with van der Waals surface area (Å²) in [7, 11) is 12.3. The predicted molar refractivity (Wildman–Crippen MR) is 371 cm³/mol. The zero-order chi connectivity index (χ0) is 64.7. The van der Waals surface area contributed by atoms with Gasteiger partial charge in [-0.1, -0.05) is 180 Å². The summed E-state index contributed by atoms with van der Waals surface area (Å²) < 4.78 is 0. The first kappa shape index (κ1) is 114. The molecule has 0 aromatic rings. The summed E-state index contributed by atoms with van der Waals surface area (Å²) in [6.07, 6.45) is 10.1. The second kappa shape index (κ2) is 65.7. The van der Waals surface area contributed by atoms with Gasteiger partial charge in [0.2, 0.25) is 0 Å². The molecule has 0 saturated carbocycles. The Morgan fingerprint density at radius 1 is 0.345 bits per heavy atom. The van der Waals surface area contributed by atoms with E-state index in [-0.39, 0.29) is 136 Å². The van der Waals surface area contributed by atoms with Crippen molar-refractivity contribution in [2.24, 2.45) is 30.0 Å². The van der Waals surface area contributed by atoms with Gasteiger partial charge in [-0.25, -0.2) is 0 Å². The first-order valence-electron chi connectivity index (χ1n) is 30.3. The topological polar surface area (TPSA) is 178 Å². The third kappa shape index (κ3) is 108. The van der Waals surface area contributed by atoms with E-state index in [0.29, 0.717) is 24.2 Å². The molecule has 4 unspecified atom stereocenters. The van der Waals surface area contributed by atoms with Crippen LogP contribution in [0.2, 0.25) is 0 Å². The Morgan fingerprint density at radius 2 is 0.632 bits per heavy atom. The van der Waals surface area contributed by atoms with E-state index in [1.54, 1.807) is 38.0 Å². The molecular weight excluding hydrogens is 1390 g/mol. The molecule has 0 radical (unpaired) electrons. The van der Waals surface area contributed by atoms with E-state index in [1.807, 2.05) is 28.2 Å². The predicted octanol–water partition coefficient (Wildman–Crippen LogP) is 14.3. The van der Waals surface area contributed by atoms with Crippen LogP contribution < -0.4 is 0 Å². The molecule has 87 heavy (non-hydrogen) atoms. The van der Waals surface area contributed by atoms with Crippen molar-refractivity contribution in [1.29, 1.82) is 0 Å². The second-order valence-electron chi connectivity index (χ2n) is 27.2. The maximum absolute atomic E-state index is 4.41. The van der Waals surface area contributed by atoms with Gasteiger partial charge in [0.05, 0.1) is 0 Å². The molecule has 18 nitrogen and oxygen atoms in total. The van der Waals surface area contributed by atoms with Gasteiger partial charge >= 0.3 is 102 Å². The molecule has 0 fully saturated rings. The van der Waals surface area contributed by atoms with Gasteiger partial charge in [0.15, 0.2) is 0 Å². The monoisotopic (exact) mass is 1520 g/mol. The minimum atomic E-state index is -0.0155. The Kier molecular flexibility index (Phi) is 86.2. The molecule has 24 heteroatoms. The van der Waals surface area contributed by atoms with Gasteiger partial charge < -0.3 is 91.3 Å². The van der Waals surface area contributed by atoms with Crippen LogP contribution in [0.25, 0.3) is 31.9 Å². The van der Waals surface area contributed by atoms with E-state index in [4.69, 9.17) is 0 Å². The fourth-order valence-electron chi connectivity index (χ4n) is 5.39. The van der Waals surface area contributed by atoms with Crippen LogP contribution in [0.15, 0.2) is 30.0 Å². The van der Waals surface area contributed by atoms with Crippen molar-refractivity contribution in [3.8, 4) is 0 Å². The van der Waals surface area contributed by atoms with E-state index < -0.39 is 0 Å². The minimum absolute atomic E-state index is 0. The first-order chi connectivity index (χ1) is 36.8. The standard InChI is InChI=1S/2C12H26N3.3C10H22N3.C9H20N3.6Cu/c1-7-15(8-2)9-11(3)13-10-14-12(4,5)6;1-7-15(8-2)11(3)9-13-10-14-12(4,5)6;1-9(7-13(5)6)11-8-12-10(2,3)4;1-9(13(5)6)7-11-8-12-10(2,3)4;1-6-13(7-2)9-11-8-12-10(3,4)5;1-9(2,3)11-8-10-6-7-12(4)5;;;;;;/h2*10-11H,7-9H2,1-6H3;2*8-9H,7H2,1-6H3;8H,6-7,9H2,1-5H3;8H,6-7H2,1-5H3;;;;;;/q6*-1;6*+1. The minimum Gasteiger partial charge on any atom is -0.471 e. The summed E-state index contributed by atoms with van der Waals surface area (Å²) in [6.45, 7) is 71.5. The van der Waals surface area contributed by atoms with Gasteiger partial charge in [0.25, 0.3) is 0 Å². The smallest absolute Gasteiger partial charge is 0.471 e. The molecule has 4 atom stereocenters. The summed E-state index contributed by atoms with van der Waals surface area (Å²) >= 11 is 0. The number of likely N-dealkylation sites (N-methyl/N-ethyl adjacent to an activating group) is 5. The van der Waals surface area contributed by atoms with Crippen LogP contribution >= 0.6 is 0 Å². The maximum Gasteiger partial charge on any atom is 1.00 e. The van der Waals surface area contributed by atoms with Crippen LogP contribution in [0.5, 0.6) is 0 Å². The van der Waals surface area contributed by atoms with Crippen LogP contribution in [-0.2, 0) is 102 Å². The maximum atomic E-state index is 4.41. The third-order valence-electron chi connectivity index (χ3n) is 10.6. The molecule has 0 rings (SSSR count). The summed E-state index contributed by atoms with van der Waals surface area (Å²) in [5.41, 5.74) is -0.0546. The van der Waals surface area contributed by atoms with Crippen LogP contribution in [0.3, 0.4) is 0 Å². The van der Waals surface area contributed by atoms with E-state index in [9.17, 15) is 0 Å². The van der Waals surface area contributed by atoms with Crippen molar-refractivity contribution < 1.29 is 102 Å². The Hall–Kier alpha value is -0.303. The van der Waals surface area contributed by atoms with Crippen LogP contribution in [-0.4, -0.2) is 252 Å². The summed E-state index contributed by atoms with van der Waals surface area (Å²) in [4.78, 5) is 39.2.